The van der Waals surface area contributed by atoms with Gasteiger partial charge in [-0.2, -0.15) is 0 Å². The Morgan fingerprint density at radius 1 is 1.07 bits per heavy atom. The first-order valence-electron chi connectivity index (χ1n) is 8.77. The van der Waals surface area contributed by atoms with Crippen molar-refractivity contribution in [2.75, 3.05) is 0 Å². The van der Waals surface area contributed by atoms with Crippen molar-refractivity contribution in [1.82, 2.24) is 15.2 Å². The lowest BCUT2D eigenvalue weighted by molar-refractivity contribution is -0.127. The van der Waals surface area contributed by atoms with E-state index in [0.717, 1.165) is 16.7 Å². The highest BCUT2D eigenvalue weighted by Gasteiger charge is 2.38. The van der Waals surface area contributed by atoms with Crippen LogP contribution in [0.25, 0.3) is 11.5 Å². The molecule has 2 heterocycles. The number of benzene rings is 2. The van der Waals surface area contributed by atoms with Gasteiger partial charge in [-0.1, -0.05) is 48.0 Å². The molecule has 0 radical (unpaired) electrons. The monoisotopic (exact) mass is 361 g/mol. The number of aromatic nitrogens is 1. The Balaban J connectivity index is 1.45. The van der Waals surface area contributed by atoms with Gasteiger partial charge in [0.2, 0.25) is 5.89 Å². The molecule has 27 heavy (non-hydrogen) atoms. The summed E-state index contributed by atoms with van der Waals surface area (Å²) in [5, 5.41) is 2.75. The van der Waals surface area contributed by atoms with Gasteiger partial charge in [0, 0.05) is 12.0 Å². The summed E-state index contributed by atoms with van der Waals surface area (Å²) < 4.78 is 5.51. The summed E-state index contributed by atoms with van der Waals surface area (Å²) in [5.74, 6) is 0.224. The molecule has 1 N–H and O–H groups in total. The molecule has 1 fully saturated rings. The predicted molar refractivity (Wildman–Crippen MR) is 99.7 cm³/mol. The molecule has 1 atom stereocenters. The van der Waals surface area contributed by atoms with Crippen molar-refractivity contribution >= 4 is 11.9 Å². The van der Waals surface area contributed by atoms with E-state index in [9.17, 15) is 9.59 Å². The summed E-state index contributed by atoms with van der Waals surface area (Å²) in [4.78, 5) is 30.5. The zero-order valence-corrected chi connectivity index (χ0v) is 14.9. The Morgan fingerprint density at radius 2 is 1.81 bits per heavy atom. The summed E-state index contributed by atoms with van der Waals surface area (Å²) in [7, 11) is 0. The van der Waals surface area contributed by atoms with Gasteiger partial charge in [-0.25, -0.2) is 9.78 Å². The van der Waals surface area contributed by atoms with Gasteiger partial charge < -0.3 is 9.73 Å². The summed E-state index contributed by atoms with van der Waals surface area (Å²) in [6.45, 7) is 2.10. The van der Waals surface area contributed by atoms with Gasteiger partial charge in [0.15, 0.2) is 0 Å². The van der Waals surface area contributed by atoms with E-state index in [2.05, 4.69) is 10.3 Å². The minimum Gasteiger partial charge on any atom is -0.444 e. The van der Waals surface area contributed by atoms with Crippen LogP contribution >= 0.6 is 0 Å². The maximum absolute atomic E-state index is 12.6. The fourth-order valence-corrected chi connectivity index (χ4v) is 3.09. The molecular weight excluding hydrogens is 342 g/mol. The molecule has 0 aliphatic carbocycles. The van der Waals surface area contributed by atoms with E-state index in [1.54, 1.807) is 0 Å². The van der Waals surface area contributed by atoms with Gasteiger partial charge in [0.1, 0.15) is 12.3 Å². The first-order valence-corrected chi connectivity index (χ1v) is 8.77. The molecule has 6 nitrogen and oxygen atoms in total. The van der Waals surface area contributed by atoms with Crippen LogP contribution in [0.4, 0.5) is 4.79 Å². The summed E-state index contributed by atoms with van der Waals surface area (Å²) in [5.41, 5.74) is 3.54. The molecule has 0 saturated carbocycles. The second-order valence-corrected chi connectivity index (χ2v) is 6.63. The van der Waals surface area contributed by atoms with Gasteiger partial charge in [0.05, 0.1) is 12.2 Å². The Morgan fingerprint density at radius 3 is 2.56 bits per heavy atom. The molecule has 1 saturated heterocycles. The number of hydrogen-bond acceptors (Lipinski definition) is 4. The van der Waals surface area contributed by atoms with Crippen LogP contribution in [0, 0.1) is 6.92 Å². The van der Waals surface area contributed by atoms with Crippen molar-refractivity contribution in [3.63, 3.8) is 0 Å². The highest BCUT2D eigenvalue weighted by Crippen LogP contribution is 2.21. The van der Waals surface area contributed by atoms with E-state index in [1.165, 1.54) is 11.2 Å². The molecule has 1 unspecified atom stereocenters. The fraction of sp³-hybridized carbons (Fsp3) is 0.190. The van der Waals surface area contributed by atoms with E-state index < -0.39 is 12.1 Å². The number of nitrogens with zero attached hydrogens (tertiary/aromatic N) is 2. The average molecular weight is 361 g/mol. The third kappa shape index (κ3) is 3.60. The van der Waals surface area contributed by atoms with Crippen LogP contribution in [0.3, 0.4) is 0 Å². The van der Waals surface area contributed by atoms with Crippen LogP contribution in [0.5, 0.6) is 0 Å². The Bertz CT molecular complexity index is 964. The van der Waals surface area contributed by atoms with Crippen LogP contribution < -0.4 is 5.32 Å². The second kappa shape index (κ2) is 7.07. The van der Waals surface area contributed by atoms with Crippen LogP contribution in [0.1, 0.15) is 16.8 Å². The molecule has 1 aliphatic rings. The molecule has 4 rings (SSSR count). The van der Waals surface area contributed by atoms with Gasteiger partial charge in [-0.05, 0) is 24.6 Å². The molecular formula is C21H19N3O3. The first kappa shape index (κ1) is 17.0. The van der Waals surface area contributed by atoms with Gasteiger partial charge in [-0.3, -0.25) is 9.69 Å². The largest absolute Gasteiger partial charge is 0.444 e. The Kier molecular flexibility index (Phi) is 4.46. The van der Waals surface area contributed by atoms with Crippen LogP contribution in [0.2, 0.25) is 0 Å². The number of oxazole rings is 1. The van der Waals surface area contributed by atoms with Gasteiger partial charge >= 0.3 is 6.03 Å². The number of hydrogen-bond donors (Lipinski definition) is 1. The van der Waals surface area contributed by atoms with E-state index in [1.807, 2.05) is 61.5 Å². The predicted octanol–water partition coefficient (Wildman–Crippen LogP) is 3.31. The smallest absolute Gasteiger partial charge is 0.325 e. The fourth-order valence-electron chi connectivity index (χ4n) is 3.09. The molecule has 3 amide bonds. The third-order valence-electron chi connectivity index (χ3n) is 4.56. The molecule has 0 bridgehead atoms. The highest BCUT2D eigenvalue weighted by molar-refractivity contribution is 6.04. The lowest BCUT2D eigenvalue weighted by Crippen LogP contribution is -2.32. The Labute approximate surface area is 156 Å². The van der Waals surface area contributed by atoms with Crippen molar-refractivity contribution in [1.29, 1.82) is 0 Å². The molecule has 6 heteroatoms. The summed E-state index contributed by atoms with van der Waals surface area (Å²) in [6, 6.07) is 16.5. The number of amides is 3. The van der Waals surface area contributed by atoms with Crippen molar-refractivity contribution < 1.29 is 14.0 Å². The number of imide groups is 1. The SMILES string of the molecule is Cc1ccc(-c2nc(CN3C(=O)NC(Cc4ccccc4)C3=O)co2)cc1. The van der Waals surface area contributed by atoms with Crippen molar-refractivity contribution in [2.24, 2.45) is 0 Å². The first-order chi connectivity index (χ1) is 13.1. The summed E-state index contributed by atoms with van der Waals surface area (Å²) >= 11 is 0. The topological polar surface area (TPSA) is 75.4 Å². The maximum atomic E-state index is 12.6. The molecule has 1 aliphatic heterocycles. The zero-order valence-electron chi connectivity index (χ0n) is 14.9. The lowest BCUT2D eigenvalue weighted by atomic mass is 10.1. The third-order valence-corrected chi connectivity index (χ3v) is 4.56. The number of aryl methyl sites for hydroxylation is 1. The standard InChI is InChI=1S/C21H19N3O3/c1-14-7-9-16(10-8-14)19-22-17(13-27-19)12-24-20(25)18(23-21(24)26)11-15-5-3-2-4-6-15/h2-10,13,18H,11-12H2,1H3,(H,23,26). The molecule has 2 aromatic carbocycles. The van der Waals surface area contributed by atoms with Crippen LogP contribution in [-0.2, 0) is 17.8 Å². The molecule has 0 spiro atoms. The van der Waals surface area contributed by atoms with Crippen LogP contribution in [-0.4, -0.2) is 27.9 Å². The van der Waals surface area contributed by atoms with Gasteiger partial charge in [-0.15, -0.1) is 0 Å². The maximum Gasteiger partial charge on any atom is 0.325 e. The molecule has 1 aromatic heterocycles. The number of rotatable bonds is 5. The average Bonchev–Trinajstić information content (AvgIpc) is 3.24. The Hall–Kier alpha value is -3.41. The number of urea groups is 1. The van der Waals surface area contributed by atoms with Crippen LogP contribution in [0.15, 0.2) is 65.3 Å². The quantitative estimate of drug-likeness (QED) is 0.708. The minimum absolute atomic E-state index is 0.0886. The number of carbonyl (C=O) groups is 2. The minimum atomic E-state index is -0.552. The number of carbonyl (C=O) groups excluding carboxylic acids is 2. The summed E-state index contributed by atoms with van der Waals surface area (Å²) in [6.07, 6.45) is 1.95. The lowest BCUT2D eigenvalue weighted by Gasteiger charge is -2.11. The van der Waals surface area contributed by atoms with E-state index in [4.69, 9.17) is 4.42 Å². The van der Waals surface area contributed by atoms with Gasteiger partial charge in [0.25, 0.3) is 5.91 Å². The molecule has 136 valence electrons. The number of nitrogens with one attached hydrogen (secondary N) is 1. The normalized spacial score (nSPS) is 16.6. The van der Waals surface area contributed by atoms with E-state index >= 15 is 0 Å². The van der Waals surface area contributed by atoms with Crippen molar-refractivity contribution in [3.8, 4) is 11.5 Å². The van der Waals surface area contributed by atoms with Crippen molar-refractivity contribution in [3.05, 3.63) is 77.7 Å². The molecule has 3 aromatic rings. The van der Waals surface area contributed by atoms with E-state index in [0.29, 0.717) is 18.0 Å². The van der Waals surface area contributed by atoms with Crippen molar-refractivity contribution in [2.45, 2.75) is 25.9 Å². The second-order valence-electron chi connectivity index (χ2n) is 6.63. The highest BCUT2D eigenvalue weighted by atomic mass is 16.3. The van der Waals surface area contributed by atoms with E-state index in [-0.39, 0.29) is 12.5 Å². The zero-order chi connectivity index (χ0) is 18.8.